The first-order chi connectivity index (χ1) is 16.4. The summed E-state index contributed by atoms with van der Waals surface area (Å²) in [4.78, 5) is 27.2. The van der Waals surface area contributed by atoms with Crippen LogP contribution in [-0.2, 0) is 14.3 Å². The lowest BCUT2D eigenvalue weighted by atomic mass is 10.1. The number of nitrogens with two attached hydrogens (primary N) is 1. The van der Waals surface area contributed by atoms with Gasteiger partial charge in [0.05, 0.1) is 36.1 Å². The number of aromatic nitrogens is 5. The van der Waals surface area contributed by atoms with E-state index >= 15 is 0 Å². The summed E-state index contributed by atoms with van der Waals surface area (Å²) in [6, 6.07) is 8.10. The van der Waals surface area contributed by atoms with E-state index in [1.54, 1.807) is 42.1 Å². The minimum Gasteiger partial charge on any atom is -0.380 e. The Labute approximate surface area is 192 Å². The van der Waals surface area contributed by atoms with Crippen LogP contribution in [0, 0.1) is 0 Å². The molecule has 0 aliphatic carbocycles. The number of ether oxygens (including phenoxy) is 1. The average Bonchev–Trinajstić information content (AvgIpc) is 3.47. The predicted molar refractivity (Wildman–Crippen MR) is 119 cm³/mol. The van der Waals surface area contributed by atoms with Crippen LogP contribution < -0.4 is 16.0 Å². The van der Waals surface area contributed by atoms with Crippen LogP contribution in [0.3, 0.4) is 0 Å². The van der Waals surface area contributed by atoms with Crippen molar-refractivity contribution in [3.63, 3.8) is 0 Å². The summed E-state index contributed by atoms with van der Waals surface area (Å²) in [6.07, 6.45) is 1.09. The number of benzene rings is 1. The molecule has 13 nitrogen and oxygen atoms in total. The summed E-state index contributed by atoms with van der Waals surface area (Å²) in [5, 5.41) is 29.4. The number of hydrogen-bond donors (Lipinski definition) is 3. The maximum Gasteiger partial charge on any atom is 0.260 e. The third kappa shape index (κ3) is 3.93. The van der Waals surface area contributed by atoms with Crippen LogP contribution in [0.1, 0.15) is 6.92 Å². The highest BCUT2D eigenvalue weighted by Crippen LogP contribution is 2.25. The third-order valence-corrected chi connectivity index (χ3v) is 5.34. The number of aliphatic hydroxyl groups excluding tert-OH is 1. The Morgan fingerprint density at radius 2 is 2.15 bits per heavy atom. The summed E-state index contributed by atoms with van der Waals surface area (Å²) < 4.78 is 12.3. The number of hydrogen-bond acceptors (Lipinski definition) is 10. The molecule has 1 aliphatic heterocycles. The summed E-state index contributed by atoms with van der Waals surface area (Å²) in [5.41, 5.74) is 7.07. The molecule has 1 aliphatic rings. The molecule has 13 heteroatoms. The normalized spacial score (nSPS) is 19.4. The standard InChI is InChI=1S/C21H20N8O5/c1-11-10-28(16-5-7-29(26-16)13-4-6-23-24-9-13)21(32)18(33-11)17(30)20(31)25-12-2-3-14-15(8-12)34-27-19(14)22/h2-9,11,17-18,30H,10H2,1H3,(H2,22,27)(H,25,31)/t11-,17?,18-/m1/s1. The predicted octanol–water partition coefficient (Wildman–Crippen LogP) is 0.506. The smallest absolute Gasteiger partial charge is 0.260 e. The monoisotopic (exact) mass is 464 g/mol. The van der Waals surface area contributed by atoms with Crippen LogP contribution in [0.5, 0.6) is 0 Å². The molecule has 5 rings (SSSR count). The largest absolute Gasteiger partial charge is 0.380 e. The molecule has 0 spiro atoms. The van der Waals surface area contributed by atoms with Crippen molar-refractivity contribution in [3.8, 4) is 5.69 Å². The average molecular weight is 464 g/mol. The first-order valence-corrected chi connectivity index (χ1v) is 10.3. The Bertz CT molecular complexity index is 1350. The molecule has 3 aromatic heterocycles. The van der Waals surface area contributed by atoms with Gasteiger partial charge in [-0.05, 0) is 25.1 Å². The van der Waals surface area contributed by atoms with Gasteiger partial charge in [-0.3, -0.25) is 14.5 Å². The number of nitrogens with zero attached hydrogens (tertiary/aromatic N) is 6. The molecular formula is C21H20N8O5. The zero-order chi connectivity index (χ0) is 23.8. The number of anilines is 3. The molecule has 34 heavy (non-hydrogen) atoms. The van der Waals surface area contributed by atoms with E-state index in [1.165, 1.54) is 23.4 Å². The van der Waals surface area contributed by atoms with Gasteiger partial charge in [0.1, 0.15) is 0 Å². The maximum atomic E-state index is 13.1. The molecule has 4 heterocycles. The van der Waals surface area contributed by atoms with Gasteiger partial charge in [-0.15, -0.1) is 5.10 Å². The van der Waals surface area contributed by atoms with Gasteiger partial charge in [0.15, 0.2) is 29.4 Å². The molecule has 1 unspecified atom stereocenters. The van der Waals surface area contributed by atoms with Crippen molar-refractivity contribution in [2.45, 2.75) is 25.2 Å². The Morgan fingerprint density at radius 3 is 2.94 bits per heavy atom. The second-order valence-corrected chi connectivity index (χ2v) is 7.75. The quantitative estimate of drug-likeness (QED) is 0.377. The van der Waals surface area contributed by atoms with E-state index in [0.29, 0.717) is 28.2 Å². The molecule has 0 saturated carbocycles. The number of carbonyl (C=O) groups excluding carboxylic acids is 2. The van der Waals surface area contributed by atoms with Crippen LogP contribution in [-0.4, -0.2) is 66.9 Å². The van der Waals surface area contributed by atoms with Crippen LogP contribution in [0.4, 0.5) is 17.3 Å². The van der Waals surface area contributed by atoms with Crippen molar-refractivity contribution in [2.75, 3.05) is 22.5 Å². The molecule has 0 bridgehead atoms. The molecule has 1 fully saturated rings. The molecule has 0 radical (unpaired) electrons. The molecule has 4 N–H and O–H groups in total. The SMILES string of the molecule is C[C@@H]1CN(c2ccn(-c3ccnnc3)n2)C(=O)[C@@H](C(O)C(=O)Nc2ccc3c(N)noc3c2)O1. The van der Waals surface area contributed by atoms with Crippen molar-refractivity contribution < 1.29 is 24.0 Å². The molecule has 174 valence electrons. The minimum absolute atomic E-state index is 0.207. The summed E-state index contributed by atoms with van der Waals surface area (Å²) in [5.74, 6) is -0.821. The van der Waals surface area contributed by atoms with Gasteiger partial charge in [-0.25, -0.2) is 4.68 Å². The highest BCUT2D eigenvalue weighted by atomic mass is 16.5. The molecule has 3 atom stereocenters. The lowest BCUT2D eigenvalue weighted by Crippen LogP contribution is -2.58. The number of aliphatic hydroxyl groups is 1. The Balaban J connectivity index is 1.33. The highest BCUT2D eigenvalue weighted by Gasteiger charge is 2.42. The number of carbonyl (C=O) groups is 2. The zero-order valence-corrected chi connectivity index (χ0v) is 17.9. The first-order valence-electron chi connectivity index (χ1n) is 10.3. The van der Waals surface area contributed by atoms with Gasteiger partial charge in [-0.1, -0.05) is 5.16 Å². The maximum absolute atomic E-state index is 13.1. The van der Waals surface area contributed by atoms with Gasteiger partial charge in [-0.2, -0.15) is 10.2 Å². The number of nitrogen functional groups attached to an aromatic ring is 1. The van der Waals surface area contributed by atoms with E-state index in [4.69, 9.17) is 15.0 Å². The molecule has 2 amide bonds. The minimum atomic E-state index is -1.76. The lowest BCUT2D eigenvalue weighted by molar-refractivity contribution is -0.156. The van der Waals surface area contributed by atoms with Crippen LogP contribution >= 0.6 is 0 Å². The zero-order valence-electron chi connectivity index (χ0n) is 17.9. The molecule has 4 aromatic rings. The Morgan fingerprint density at radius 1 is 1.29 bits per heavy atom. The van der Waals surface area contributed by atoms with E-state index in [-0.39, 0.29) is 12.4 Å². The Hall–Kier alpha value is -4.36. The highest BCUT2D eigenvalue weighted by molar-refractivity contribution is 6.04. The molecule has 1 saturated heterocycles. The van der Waals surface area contributed by atoms with Gasteiger partial charge >= 0.3 is 0 Å². The van der Waals surface area contributed by atoms with Crippen LogP contribution in [0.25, 0.3) is 16.7 Å². The van der Waals surface area contributed by atoms with Crippen LogP contribution in [0.2, 0.25) is 0 Å². The fourth-order valence-corrected chi connectivity index (χ4v) is 3.68. The molecular weight excluding hydrogens is 444 g/mol. The summed E-state index contributed by atoms with van der Waals surface area (Å²) in [6.45, 7) is 1.95. The van der Waals surface area contributed by atoms with Crippen molar-refractivity contribution in [1.82, 2.24) is 25.1 Å². The van der Waals surface area contributed by atoms with E-state index in [2.05, 4.69) is 25.8 Å². The van der Waals surface area contributed by atoms with E-state index in [1.807, 2.05) is 0 Å². The molecule has 1 aromatic carbocycles. The second kappa shape index (κ2) is 8.53. The van der Waals surface area contributed by atoms with E-state index in [9.17, 15) is 14.7 Å². The van der Waals surface area contributed by atoms with E-state index in [0.717, 1.165) is 0 Å². The van der Waals surface area contributed by atoms with Crippen LogP contribution in [0.15, 0.2) is 53.4 Å². The number of nitrogens with one attached hydrogen (secondary N) is 1. The third-order valence-electron chi connectivity index (χ3n) is 5.34. The summed E-state index contributed by atoms with van der Waals surface area (Å²) >= 11 is 0. The van der Waals surface area contributed by atoms with Gasteiger partial charge in [0, 0.05) is 24.0 Å². The van der Waals surface area contributed by atoms with Gasteiger partial charge in [0.25, 0.3) is 11.8 Å². The topological polar surface area (TPSA) is 175 Å². The summed E-state index contributed by atoms with van der Waals surface area (Å²) in [7, 11) is 0. The number of morpholine rings is 1. The number of amides is 2. The number of rotatable bonds is 5. The van der Waals surface area contributed by atoms with Crippen molar-refractivity contribution in [1.29, 1.82) is 0 Å². The van der Waals surface area contributed by atoms with Gasteiger partial charge < -0.3 is 25.4 Å². The lowest BCUT2D eigenvalue weighted by Gasteiger charge is -2.36. The second-order valence-electron chi connectivity index (χ2n) is 7.75. The van der Waals surface area contributed by atoms with E-state index < -0.39 is 30.1 Å². The fraction of sp³-hybridized carbons (Fsp3) is 0.238. The number of fused-ring (bicyclic) bond motifs is 1. The van der Waals surface area contributed by atoms with Crippen molar-refractivity contribution >= 4 is 40.1 Å². The first kappa shape index (κ1) is 21.5. The fourth-order valence-electron chi connectivity index (χ4n) is 3.68. The Kier molecular flexibility index (Phi) is 5.39. The van der Waals surface area contributed by atoms with Crippen molar-refractivity contribution in [2.24, 2.45) is 0 Å². The van der Waals surface area contributed by atoms with Gasteiger partial charge in [0.2, 0.25) is 0 Å². The van der Waals surface area contributed by atoms with Crippen molar-refractivity contribution in [3.05, 3.63) is 48.9 Å².